The van der Waals surface area contributed by atoms with E-state index in [1.807, 2.05) is 22.9 Å². The second kappa shape index (κ2) is 6.86. The highest BCUT2D eigenvalue weighted by Crippen LogP contribution is 2.25. The minimum Gasteiger partial charge on any atom is -0.310 e. The van der Waals surface area contributed by atoms with Gasteiger partial charge in [-0.1, -0.05) is 36.7 Å². The van der Waals surface area contributed by atoms with E-state index in [-0.39, 0.29) is 6.04 Å². The predicted molar refractivity (Wildman–Crippen MR) is 82.0 cm³/mol. The Hall–Kier alpha value is -1.39. The van der Waals surface area contributed by atoms with E-state index >= 15 is 0 Å². The van der Waals surface area contributed by atoms with Gasteiger partial charge < -0.3 is 5.32 Å². The van der Waals surface area contributed by atoms with Crippen LogP contribution in [0, 0.1) is 0 Å². The number of likely N-dealkylation sites (N-methyl/N-ethyl adjacent to an activating group) is 1. The summed E-state index contributed by atoms with van der Waals surface area (Å²) in [6.45, 7) is 7.19. The molecule has 1 atom stereocenters. The molecule has 20 heavy (non-hydrogen) atoms. The van der Waals surface area contributed by atoms with Gasteiger partial charge in [-0.3, -0.25) is 0 Å². The fourth-order valence-electron chi connectivity index (χ4n) is 2.33. The Kier molecular flexibility index (Phi) is 5.15. The van der Waals surface area contributed by atoms with Gasteiger partial charge >= 0.3 is 0 Å². The number of aromatic nitrogens is 3. The molecule has 2 aromatic rings. The van der Waals surface area contributed by atoms with Crippen molar-refractivity contribution in [3.05, 3.63) is 47.0 Å². The van der Waals surface area contributed by atoms with Gasteiger partial charge in [-0.2, -0.15) is 5.10 Å². The summed E-state index contributed by atoms with van der Waals surface area (Å²) in [6.07, 6.45) is 2.39. The molecule has 0 fully saturated rings. The van der Waals surface area contributed by atoms with Crippen molar-refractivity contribution in [1.82, 2.24) is 20.1 Å². The van der Waals surface area contributed by atoms with Crippen LogP contribution in [0.5, 0.6) is 0 Å². The monoisotopic (exact) mass is 292 g/mol. The summed E-state index contributed by atoms with van der Waals surface area (Å²) in [6, 6.07) is 8.40. The molecule has 4 nitrogen and oxygen atoms in total. The molecule has 0 amide bonds. The molecule has 1 N–H and O–H groups in total. The van der Waals surface area contributed by atoms with Crippen molar-refractivity contribution in [2.45, 2.75) is 39.3 Å². The fraction of sp³-hybridized carbons (Fsp3) is 0.467. The van der Waals surface area contributed by atoms with E-state index in [0.29, 0.717) is 6.04 Å². The van der Waals surface area contributed by atoms with Gasteiger partial charge in [0.1, 0.15) is 12.2 Å². The molecule has 0 aliphatic heterocycles. The van der Waals surface area contributed by atoms with Crippen molar-refractivity contribution in [2.75, 3.05) is 6.54 Å². The standard InChI is InChI=1S/C15H21ClN4/c1-4-17-14(12-7-5-6-8-13(12)16)9-15-18-10-19-20(15)11(2)3/h5-8,10-11,14,17H,4,9H2,1-3H3. The van der Waals surface area contributed by atoms with Crippen molar-refractivity contribution in [3.8, 4) is 0 Å². The first-order chi connectivity index (χ1) is 9.63. The van der Waals surface area contributed by atoms with Gasteiger partial charge in [0.2, 0.25) is 0 Å². The van der Waals surface area contributed by atoms with Crippen LogP contribution in [0.15, 0.2) is 30.6 Å². The molecular weight excluding hydrogens is 272 g/mol. The maximum absolute atomic E-state index is 6.31. The van der Waals surface area contributed by atoms with Crippen LogP contribution in [0.4, 0.5) is 0 Å². The lowest BCUT2D eigenvalue weighted by molar-refractivity contribution is 0.468. The van der Waals surface area contributed by atoms with Gasteiger partial charge in [-0.05, 0) is 32.0 Å². The van der Waals surface area contributed by atoms with Gasteiger partial charge in [0.25, 0.3) is 0 Å². The third-order valence-electron chi connectivity index (χ3n) is 3.25. The minimum absolute atomic E-state index is 0.149. The molecule has 0 spiro atoms. The third kappa shape index (κ3) is 3.38. The average molecular weight is 293 g/mol. The van der Waals surface area contributed by atoms with Crippen molar-refractivity contribution in [2.24, 2.45) is 0 Å². The molecular formula is C15H21ClN4. The third-order valence-corrected chi connectivity index (χ3v) is 3.60. The van der Waals surface area contributed by atoms with E-state index in [0.717, 1.165) is 29.4 Å². The number of nitrogens with one attached hydrogen (secondary N) is 1. The van der Waals surface area contributed by atoms with Crippen molar-refractivity contribution >= 4 is 11.6 Å². The molecule has 5 heteroatoms. The van der Waals surface area contributed by atoms with Crippen LogP contribution in [0.2, 0.25) is 5.02 Å². The number of rotatable bonds is 6. The molecule has 0 radical (unpaired) electrons. The maximum atomic E-state index is 6.31. The van der Waals surface area contributed by atoms with Crippen LogP contribution in [-0.2, 0) is 6.42 Å². The second-order valence-corrected chi connectivity index (χ2v) is 5.46. The first-order valence-electron chi connectivity index (χ1n) is 6.99. The van der Waals surface area contributed by atoms with Crippen molar-refractivity contribution < 1.29 is 0 Å². The van der Waals surface area contributed by atoms with Crippen LogP contribution in [0.3, 0.4) is 0 Å². The Morgan fingerprint density at radius 1 is 1.30 bits per heavy atom. The summed E-state index contributed by atoms with van der Waals surface area (Å²) in [7, 11) is 0. The first-order valence-corrected chi connectivity index (χ1v) is 7.37. The van der Waals surface area contributed by atoms with Gasteiger partial charge in [0.05, 0.1) is 0 Å². The van der Waals surface area contributed by atoms with E-state index in [1.54, 1.807) is 6.33 Å². The summed E-state index contributed by atoms with van der Waals surface area (Å²) in [5.74, 6) is 0.978. The Morgan fingerprint density at radius 3 is 2.70 bits per heavy atom. The van der Waals surface area contributed by atoms with Gasteiger partial charge in [0, 0.05) is 23.5 Å². The molecule has 0 bridgehead atoms. The quantitative estimate of drug-likeness (QED) is 0.887. The second-order valence-electron chi connectivity index (χ2n) is 5.05. The van der Waals surface area contributed by atoms with Crippen LogP contribution >= 0.6 is 11.6 Å². The summed E-state index contributed by atoms with van der Waals surface area (Å²) >= 11 is 6.31. The molecule has 1 aromatic carbocycles. The smallest absolute Gasteiger partial charge is 0.138 e. The lowest BCUT2D eigenvalue weighted by Gasteiger charge is -2.20. The number of hydrogen-bond donors (Lipinski definition) is 1. The number of nitrogens with zero attached hydrogens (tertiary/aromatic N) is 3. The van der Waals surface area contributed by atoms with E-state index < -0.39 is 0 Å². The molecule has 0 aliphatic carbocycles. The molecule has 2 rings (SSSR count). The lowest BCUT2D eigenvalue weighted by atomic mass is 10.0. The molecule has 1 unspecified atom stereocenters. The number of halogens is 1. The molecule has 0 saturated carbocycles. The van der Waals surface area contributed by atoms with Crippen molar-refractivity contribution in [3.63, 3.8) is 0 Å². The Labute approximate surface area is 125 Å². The highest BCUT2D eigenvalue weighted by molar-refractivity contribution is 6.31. The largest absolute Gasteiger partial charge is 0.310 e. The summed E-state index contributed by atoms with van der Waals surface area (Å²) < 4.78 is 1.96. The Bertz CT molecular complexity index is 550. The zero-order valence-electron chi connectivity index (χ0n) is 12.2. The molecule has 0 saturated heterocycles. The number of hydrogen-bond acceptors (Lipinski definition) is 3. The molecule has 1 heterocycles. The summed E-state index contributed by atoms with van der Waals surface area (Å²) in [5, 5.41) is 8.55. The Morgan fingerprint density at radius 2 is 2.05 bits per heavy atom. The first kappa shape index (κ1) is 15.0. The van der Waals surface area contributed by atoms with Crippen LogP contribution < -0.4 is 5.32 Å². The molecule has 108 valence electrons. The van der Waals surface area contributed by atoms with Crippen LogP contribution in [0.25, 0.3) is 0 Å². The van der Waals surface area contributed by atoms with E-state index in [4.69, 9.17) is 11.6 Å². The highest BCUT2D eigenvalue weighted by Gasteiger charge is 2.18. The topological polar surface area (TPSA) is 42.7 Å². The Balaban J connectivity index is 2.26. The van der Waals surface area contributed by atoms with Gasteiger partial charge in [-0.25, -0.2) is 9.67 Å². The SMILES string of the molecule is CCNC(Cc1ncnn1C(C)C)c1ccccc1Cl. The van der Waals surface area contributed by atoms with E-state index in [2.05, 4.69) is 42.2 Å². The molecule has 0 aliphatic rings. The summed E-state index contributed by atoms with van der Waals surface area (Å²) in [5.41, 5.74) is 1.11. The zero-order valence-corrected chi connectivity index (χ0v) is 12.9. The van der Waals surface area contributed by atoms with Gasteiger partial charge in [-0.15, -0.1) is 0 Å². The maximum Gasteiger partial charge on any atom is 0.138 e. The average Bonchev–Trinajstić information content (AvgIpc) is 2.87. The van der Waals surface area contributed by atoms with E-state index in [1.165, 1.54) is 0 Å². The summed E-state index contributed by atoms with van der Waals surface area (Å²) in [4.78, 5) is 4.38. The number of benzene rings is 1. The highest BCUT2D eigenvalue weighted by atomic mass is 35.5. The lowest BCUT2D eigenvalue weighted by Crippen LogP contribution is -2.25. The zero-order chi connectivity index (χ0) is 14.5. The van der Waals surface area contributed by atoms with E-state index in [9.17, 15) is 0 Å². The molecule has 1 aromatic heterocycles. The van der Waals surface area contributed by atoms with Crippen molar-refractivity contribution in [1.29, 1.82) is 0 Å². The van der Waals surface area contributed by atoms with Gasteiger partial charge in [0.15, 0.2) is 0 Å². The normalized spacial score (nSPS) is 12.8. The van der Waals surface area contributed by atoms with Crippen LogP contribution in [0.1, 0.15) is 44.2 Å². The fourth-order valence-corrected chi connectivity index (χ4v) is 2.60. The van der Waals surface area contributed by atoms with Crippen LogP contribution in [-0.4, -0.2) is 21.3 Å². The minimum atomic E-state index is 0.149. The predicted octanol–water partition coefficient (Wildman–Crippen LogP) is 3.41.